The summed E-state index contributed by atoms with van der Waals surface area (Å²) in [7, 11) is 0. The zero-order valence-electron chi connectivity index (χ0n) is 19.1. The normalized spacial score (nSPS) is 14.2. The molecule has 11 heteroatoms. The average Bonchev–Trinajstić information content (AvgIpc) is 3.27. The predicted molar refractivity (Wildman–Crippen MR) is 141 cm³/mol. The number of fused-ring (bicyclic) bond motifs is 2. The van der Waals surface area contributed by atoms with Gasteiger partial charge in [0.1, 0.15) is 23.3 Å². The lowest BCUT2D eigenvalue weighted by atomic mass is 10.2. The Morgan fingerprint density at radius 3 is 2.92 bits per heavy atom. The second-order valence-electron chi connectivity index (χ2n) is 8.74. The van der Waals surface area contributed by atoms with Gasteiger partial charge in [-0.1, -0.05) is 17.7 Å². The second kappa shape index (κ2) is 9.05. The van der Waals surface area contributed by atoms with Crippen LogP contribution in [0.2, 0.25) is 5.02 Å². The van der Waals surface area contributed by atoms with Gasteiger partial charge in [-0.3, -0.25) is 4.79 Å². The zero-order valence-corrected chi connectivity index (χ0v) is 20.6. The Kier molecular flexibility index (Phi) is 5.71. The molecule has 1 amide bonds. The highest BCUT2D eigenvalue weighted by atomic mass is 35.5. The fourth-order valence-corrected chi connectivity index (χ4v) is 4.89. The van der Waals surface area contributed by atoms with Crippen molar-refractivity contribution in [1.82, 2.24) is 24.2 Å². The molecule has 0 bridgehead atoms. The topological polar surface area (TPSA) is 120 Å². The summed E-state index contributed by atoms with van der Waals surface area (Å²) in [6.07, 6.45) is 6.70. The van der Waals surface area contributed by atoms with Crippen LogP contribution < -0.4 is 21.1 Å². The summed E-state index contributed by atoms with van der Waals surface area (Å²) in [6.45, 7) is 1.02. The van der Waals surface area contributed by atoms with Crippen LogP contribution in [0.15, 0.2) is 61.2 Å². The largest absolute Gasteiger partial charge is 0.455 e. The molecule has 0 saturated heterocycles. The molecule has 0 spiro atoms. The number of nitrogens with two attached hydrogens (primary N) is 1. The number of carbonyl (C=O) groups is 1. The molecule has 9 nitrogen and oxygen atoms in total. The van der Waals surface area contributed by atoms with Crippen molar-refractivity contribution in [1.29, 1.82) is 0 Å². The maximum atomic E-state index is 12.1. The highest BCUT2D eigenvalue weighted by Gasteiger charge is 2.45. The van der Waals surface area contributed by atoms with E-state index < -0.39 is 5.54 Å². The average molecular weight is 520 g/mol. The number of ether oxygens (including phenoxy) is 1. The lowest BCUT2D eigenvalue weighted by molar-refractivity contribution is -0.123. The van der Waals surface area contributed by atoms with Crippen molar-refractivity contribution in [3.63, 3.8) is 0 Å². The number of halogens is 1. The van der Waals surface area contributed by atoms with Gasteiger partial charge >= 0.3 is 0 Å². The van der Waals surface area contributed by atoms with E-state index in [1.807, 2.05) is 47.2 Å². The van der Waals surface area contributed by atoms with Crippen LogP contribution >= 0.6 is 23.1 Å². The number of amides is 1. The molecule has 1 saturated carbocycles. The quantitative estimate of drug-likeness (QED) is 0.268. The minimum Gasteiger partial charge on any atom is -0.455 e. The Morgan fingerprint density at radius 2 is 2.08 bits per heavy atom. The SMILES string of the molecule is NC1(C(=O)NCCn2ccc3ncnc(Nc4ccc(Oc5cccc6sncc56)c(Cl)c4)c32)CC1. The van der Waals surface area contributed by atoms with Gasteiger partial charge in [-0.25, -0.2) is 9.97 Å². The van der Waals surface area contributed by atoms with Gasteiger partial charge in [-0.2, -0.15) is 4.37 Å². The Hall–Kier alpha value is -3.73. The van der Waals surface area contributed by atoms with Crippen LogP contribution in [0.3, 0.4) is 0 Å². The standard InChI is InChI=1S/C25H22ClN7O2S/c26-17-12-15(4-5-20(17)35-19-2-1-3-21-16(19)13-31-36-21)32-23-22-18(29-14-30-23)6-10-33(22)11-9-28-24(34)25(27)7-8-25/h1-6,10,12-14H,7-9,11,27H2,(H,28,34)(H,29,30,32). The summed E-state index contributed by atoms with van der Waals surface area (Å²) in [5.74, 6) is 1.78. The van der Waals surface area contributed by atoms with Crippen LogP contribution in [0.25, 0.3) is 21.1 Å². The number of benzene rings is 2. The molecule has 1 fully saturated rings. The number of hydrogen-bond acceptors (Lipinski definition) is 8. The first-order valence-corrected chi connectivity index (χ1v) is 12.6. The first-order valence-electron chi connectivity index (χ1n) is 11.4. The number of nitrogens with zero attached hydrogens (tertiary/aromatic N) is 4. The number of hydrogen-bond donors (Lipinski definition) is 3. The monoisotopic (exact) mass is 519 g/mol. The first-order chi connectivity index (χ1) is 17.5. The van der Waals surface area contributed by atoms with Crippen LogP contribution in [-0.2, 0) is 11.3 Å². The van der Waals surface area contributed by atoms with Gasteiger partial charge in [-0.15, -0.1) is 0 Å². The van der Waals surface area contributed by atoms with Crippen molar-refractivity contribution in [2.45, 2.75) is 24.9 Å². The molecule has 0 radical (unpaired) electrons. The Morgan fingerprint density at radius 1 is 1.19 bits per heavy atom. The van der Waals surface area contributed by atoms with Crippen molar-refractivity contribution in [2.75, 3.05) is 11.9 Å². The lowest BCUT2D eigenvalue weighted by Crippen LogP contribution is -2.43. The number of anilines is 2. The molecule has 36 heavy (non-hydrogen) atoms. The highest BCUT2D eigenvalue weighted by molar-refractivity contribution is 7.13. The van der Waals surface area contributed by atoms with Crippen molar-refractivity contribution in [2.24, 2.45) is 5.73 Å². The fraction of sp³-hybridized carbons (Fsp3) is 0.200. The van der Waals surface area contributed by atoms with Gasteiger partial charge in [0, 0.05) is 25.0 Å². The molecule has 0 atom stereocenters. The molecule has 2 aromatic carbocycles. The van der Waals surface area contributed by atoms with Crippen molar-refractivity contribution < 1.29 is 9.53 Å². The van der Waals surface area contributed by atoms with E-state index in [0.29, 0.717) is 35.4 Å². The molecular weight excluding hydrogens is 498 g/mol. The molecular formula is C25H22ClN7O2S. The summed E-state index contributed by atoms with van der Waals surface area (Å²) in [5, 5.41) is 7.66. The minimum absolute atomic E-state index is 0.1000. The number of nitrogens with one attached hydrogen (secondary N) is 2. The van der Waals surface area contributed by atoms with E-state index in [-0.39, 0.29) is 5.91 Å². The van der Waals surface area contributed by atoms with Gasteiger partial charge in [-0.05, 0) is 60.8 Å². The minimum atomic E-state index is -0.684. The number of aromatic nitrogens is 4. The molecule has 1 aliphatic carbocycles. The molecule has 6 rings (SSSR count). The lowest BCUT2D eigenvalue weighted by Gasteiger charge is -2.14. The van der Waals surface area contributed by atoms with Crippen molar-refractivity contribution >= 4 is 61.7 Å². The number of rotatable bonds is 8. The summed E-state index contributed by atoms with van der Waals surface area (Å²) >= 11 is 7.99. The van der Waals surface area contributed by atoms with E-state index in [1.54, 1.807) is 12.3 Å². The molecule has 1 aliphatic rings. The van der Waals surface area contributed by atoms with E-state index in [9.17, 15) is 4.79 Å². The highest BCUT2D eigenvalue weighted by Crippen LogP contribution is 2.37. The molecule has 3 heterocycles. The van der Waals surface area contributed by atoms with Crippen LogP contribution in [0.1, 0.15) is 12.8 Å². The maximum Gasteiger partial charge on any atom is 0.240 e. The number of carbonyl (C=O) groups excluding carboxylic acids is 1. The summed E-state index contributed by atoms with van der Waals surface area (Å²) < 4.78 is 13.4. The molecule has 0 aliphatic heterocycles. The van der Waals surface area contributed by atoms with Crippen LogP contribution in [-0.4, -0.2) is 36.9 Å². The van der Waals surface area contributed by atoms with Crippen molar-refractivity contribution in [3.8, 4) is 11.5 Å². The Labute approximate surface area is 215 Å². The molecule has 5 aromatic rings. The van der Waals surface area contributed by atoms with Gasteiger partial charge < -0.3 is 25.7 Å². The fourth-order valence-electron chi connectivity index (χ4n) is 4.01. The molecule has 0 unspecified atom stereocenters. The third-order valence-corrected chi connectivity index (χ3v) is 7.26. The Balaban J connectivity index is 1.20. The third kappa shape index (κ3) is 4.34. The van der Waals surface area contributed by atoms with E-state index in [0.717, 1.165) is 39.6 Å². The zero-order chi connectivity index (χ0) is 24.7. The smallest absolute Gasteiger partial charge is 0.240 e. The second-order valence-corrected chi connectivity index (χ2v) is 9.98. The van der Waals surface area contributed by atoms with Crippen LogP contribution in [0.5, 0.6) is 11.5 Å². The third-order valence-electron chi connectivity index (χ3n) is 6.20. The van der Waals surface area contributed by atoms with Crippen molar-refractivity contribution in [3.05, 3.63) is 66.2 Å². The molecule has 4 N–H and O–H groups in total. The van der Waals surface area contributed by atoms with Gasteiger partial charge in [0.15, 0.2) is 5.82 Å². The molecule has 182 valence electrons. The van der Waals surface area contributed by atoms with E-state index >= 15 is 0 Å². The Bertz CT molecular complexity index is 1590. The maximum absolute atomic E-state index is 12.1. The van der Waals surface area contributed by atoms with Gasteiger partial charge in [0.25, 0.3) is 0 Å². The first kappa shape index (κ1) is 22.7. The van der Waals surface area contributed by atoms with Gasteiger partial charge in [0.2, 0.25) is 5.91 Å². The molecule has 3 aromatic heterocycles. The summed E-state index contributed by atoms with van der Waals surface area (Å²) in [5.41, 5.74) is 7.65. The van der Waals surface area contributed by atoms with E-state index in [4.69, 9.17) is 22.1 Å². The summed E-state index contributed by atoms with van der Waals surface area (Å²) in [4.78, 5) is 21.0. The van der Waals surface area contributed by atoms with E-state index in [1.165, 1.54) is 17.9 Å². The van der Waals surface area contributed by atoms with Gasteiger partial charge in [0.05, 0.1) is 32.4 Å². The van der Waals surface area contributed by atoms with Crippen LogP contribution in [0, 0.1) is 0 Å². The van der Waals surface area contributed by atoms with Crippen LogP contribution in [0.4, 0.5) is 11.5 Å². The summed E-state index contributed by atoms with van der Waals surface area (Å²) in [6, 6.07) is 13.2. The predicted octanol–water partition coefficient (Wildman–Crippen LogP) is 4.84. The van der Waals surface area contributed by atoms with E-state index in [2.05, 4.69) is 25.0 Å².